The zero-order chi connectivity index (χ0) is 19.3. The number of nitrogens with one attached hydrogen (secondary N) is 2. The van der Waals surface area contributed by atoms with Gasteiger partial charge < -0.3 is 15.5 Å². The highest BCUT2D eigenvalue weighted by Crippen LogP contribution is 2.23. The van der Waals surface area contributed by atoms with E-state index in [0.29, 0.717) is 17.1 Å². The lowest BCUT2D eigenvalue weighted by Crippen LogP contribution is -2.17. The molecule has 0 spiro atoms. The molecule has 3 aromatic rings. The van der Waals surface area contributed by atoms with Gasteiger partial charge >= 0.3 is 0 Å². The molecule has 1 saturated heterocycles. The van der Waals surface area contributed by atoms with Crippen molar-refractivity contribution in [2.75, 3.05) is 28.6 Å². The summed E-state index contributed by atoms with van der Waals surface area (Å²) in [5.41, 5.74) is 3.14. The van der Waals surface area contributed by atoms with Crippen LogP contribution in [0.25, 0.3) is 0 Å². The Labute approximate surface area is 163 Å². The third-order valence-electron chi connectivity index (χ3n) is 4.74. The van der Waals surface area contributed by atoms with Crippen LogP contribution >= 0.6 is 0 Å². The number of rotatable bonds is 5. The van der Waals surface area contributed by atoms with E-state index in [2.05, 4.69) is 32.7 Å². The Morgan fingerprint density at radius 2 is 1.61 bits per heavy atom. The van der Waals surface area contributed by atoms with Crippen LogP contribution in [0, 0.1) is 5.82 Å². The highest BCUT2D eigenvalue weighted by atomic mass is 19.1. The van der Waals surface area contributed by atoms with Crippen LogP contribution in [-0.4, -0.2) is 24.0 Å². The molecular weight excluding hydrogens is 355 g/mol. The molecule has 1 fully saturated rings. The molecule has 142 valence electrons. The Bertz CT molecular complexity index is 951. The molecule has 2 N–H and O–H groups in total. The number of hydrogen-bond donors (Lipinski definition) is 2. The number of pyridine rings is 1. The maximum Gasteiger partial charge on any atom is 0.255 e. The third kappa shape index (κ3) is 4.28. The van der Waals surface area contributed by atoms with Crippen LogP contribution in [0.4, 0.5) is 27.3 Å². The molecule has 0 aliphatic carbocycles. The first-order valence-electron chi connectivity index (χ1n) is 9.32. The average molecular weight is 376 g/mol. The van der Waals surface area contributed by atoms with Crippen molar-refractivity contribution in [2.45, 2.75) is 12.8 Å². The standard InChI is InChI=1S/C22H21FN4O/c23-17-3-5-19(6-4-17)26-22(28)16-11-12-24-21(15-16)25-18-7-9-20(10-8-18)27-13-1-2-14-27/h3-12,15H,1-2,13-14H2,(H,24,25)(H,26,28). The Balaban J connectivity index is 1.43. The fourth-order valence-corrected chi connectivity index (χ4v) is 3.26. The first kappa shape index (κ1) is 18.0. The minimum absolute atomic E-state index is 0.276. The molecule has 1 aliphatic rings. The Morgan fingerprint density at radius 1 is 0.929 bits per heavy atom. The van der Waals surface area contributed by atoms with Crippen LogP contribution in [0.5, 0.6) is 0 Å². The van der Waals surface area contributed by atoms with Gasteiger partial charge in [-0.2, -0.15) is 0 Å². The van der Waals surface area contributed by atoms with Gasteiger partial charge in [-0.25, -0.2) is 9.37 Å². The van der Waals surface area contributed by atoms with Gasteiger partial charge in [-0.05, 0) is 73.5 Å². The molecule has 5 nitrogen and oxygen atoms in total. The molecule has 28 heavy (non-hydrogen) atoms. The highest BCUT2D eigenvalue weighted by molar-refractivity contribution is 6.04. The largest absolute Gasteiger partial charge is 0.372 e. The van der Waals surface area contributed by atoms with Crippen molar-refractivity contribution in [1.29, 1.82) is 0 Å². The summed E-state index contributed by atoms with van der Waals surface area (Å²) in [7, 11) is 0. The molecule has 1 aromatic heterocycles. The molecule has 4 rings (SSSR count). The molecule has 0 radical (unpaired) electrons. The zero-order valence-corrected chi connectivity index (χ0v) is 15.4. The van der Waals surface area contributed by atoms with Crippen LogP contribution in [0.2, 0.25) is 0 Å². The fourth-order valence-electron chi connectivity index (χ4n) is 3.26. The lowest BCUT2D eigenvalue weighted by Gasteiger charge is -2.18. The van der Waals surface area contributed by atoms with Gasteiger partial charge in [0.05, 0.1) is 0 Å². The van der Waals surface area contributed by atoms with Crippen LogP contribution in [0.15, 0.2) is 66.9 Å². The van der Waals surface area contributed by atoms with Gasteiger partial charge in [-0.15, -0.1) is 0 Å². The Kier molecular flexibility index (Phi) is 5.19. The predicted octanol–water partition coefficient (Wildman–Crippen LogP) is 4.82. The van der Waals surface area contributed by atoms with Gasteiger partial charge in [0, 0.05) is 41.9 Å². The predicted molar refractivity (Wildman–Crippen MR) is 110 cm³/mol. The Hall–Kier alpha value is -3.41. The average Bonchev–Trinajstić information content (AvgIpc) is 3.25. The molecule has 0 saturated carbocycles. The number of benzene rings is 2. The second kappa shape index (κ2) is 8.08. The molecule has 6 heteroatoms. The number of anilines is 4. The summed E-state index contributed by atoms with van der Waals surface area (Å²) in [6.07, 6.45) is 4.08. The van der Waals surface area contributed by atoms with E-state index in [-0.39, 0.29) is 11.7 Å². The van der Waals surface area contributed by atoms with Gasteiger partial charge in [0.25, 0.3) is 5.91 Å². The molecule has 1 aliphatic heterocycles. The van der Waals surface area contributed by atoms with Crippen molar-refractivity contribution in [2.24, 2.45) is 0 Å². The summed E-state index contributed by atoms with van der Waals surface area (Å²) >= 11 is 0. The smallest absolute Gasteiger partial charge is 0.255 e. The zero-order valence-electron chi connectivity index (χ0n) is 15.4. The molecular formula is C22H21FN4O. The molecule has 0 bridgehead atoms. The van der Waals surface area contributed by atoms with Crippen molar-refractivity contribution < 1.29 is 9.18 Å². The van der Waals surface area contributed by atoms with E-state index in [9.17, 15) is 9.18 Å². The summed E-state index contributed by atoms with van der Waals surface area (Å²) in [5.74, 6) is -0.0359. The van der Waals surface area contributed by atoms with E-state index in [1.165, 1.54) is 42.8 Å². The molecule has 2 aromatic carbocycles. The van der Waals surface area contributed by atoms with E-state index >= 15 is 0 Å². The fraction of sp³-hybridized carbons (Fsp3) is 0.182. The van der Waals surface area contributed by atoms with Gasteiger partial charge in [0.2, 0.25) is 0 Å². The number of amides is 1. The van der Waals surface area contributed by atoms with Gasteiger partial charge in [-0.1, -0.05) is 0 Å². The SMILES string of the molecule is O=C(Nc1ccc(F)cc1)c1ccnc(Nc2ccc(N3CCCC3)cc2)c1. The number of nitrogens with zero attached hydrogens (tertiary/aromatic N) is 2. The van der Waals surface area contributed by atoms with E-state index in [4.69, 9.17) is 0 Å². The van der Waals surface area contributed by atoms with E-state index in [1.807, 2.05) is 12.1 Å². The van der Waals surface area contributed by atoms with Gasteiger partial charge in [-0.3, -0.25) is 4.79 Å². The maximum absolute atomic E-state index is 13.0. The van der Waals surface area contributed by atoms with Gasteiger partial charge in [0.1, 0.15) is 11.6 Å². The summed E-state index contributed by atoms with van der Waals surface area (Å²) in [4.78, 5) is 19.1. The first-order chi connectivity index (χ1) is 13.7. The first-order valence-corrected chi connectivity index (χ1v) is 9.32. The maximum atomic E-state index is 13.0. The van der Waals surface area contributed by atoms with Crippen molar-refractivity contribution in [3.05, 3.63) is 78.2 Å². The lowest BCUT2D eigenvalue weighted by atomic mass is 10.2. The van der Waals surface area contributed by atoms with Crippen LogP contribution in [0.1, 0.15) is 23.2 Å². The van der Waals surface area contributed by atoms with E-state index in [0.717, 1.165) is 18.8 Å². The van der Waals surface area contributed by atoms with Crippen molar-refractivity contribution >= 4 is 28.8 Å². The lowest BCUT2D eigenvalue weighted by molar-refractivity contribution is 0.102. The third-order valence-corrected chi connectivity index (χ3v) is 4.74. The normalized spacial score (nSPS) is 13.4. The minimum atomic E-state index is -0.343. The van der Waals surface area contributed by atoms with Crippen LogP contribution in [-0.2, 0) is 0 Å². The minimum Gasteiger partial charge on any atom is -0.372 e. The molecule has 0 unspecified atom stereocenters. The molecule has 0 atom stereocenters. The van der Waals surface area contributed by atoms with Crippen LogP contribution in [0.3, 0.4) is 0 Å². The molecule has 1 amide bonds. The highest BCUT2D eigenvalue weighted by Gasteiger charge is 2.12. The second-order valence-electron chi connectivity index (χ2n) is 6.76. The second-order valence-corrected chi connectivity index (χ2v) is 6.76. The number of aromatic nitrogens is 1. The number of halogens is 1. The molecule has 2 heterocycles. The van der Waals surface area contributed by atoms with E-state index < -0.39 is 0 Å². The number of carbonyl (C=O) groups is 1. The number of hydrogen-bond acceptors (Lipinski definition) is 4. The summed E-state index contributed by atoms with van der Waals surface area (Å²) < 4.78 is 13.0. The van der Waals surface area contributed by atoms with E-state index in [1.54, 1.807) is 18.3 Å². The quantitative estimate of drug-likeness (QED) is 0.670. The summed E-state index contributed by atoms with van der Waals surface area (Å²) in [6, 6.07) is 17.2. The van der Waals surface area contributed by atoms with Crippen LogP contribution < -0.4 is 15.5 Å². The summed E-state index contributed by atoms with van der Waals surface area (Å²) in [6.45, 7) is 2.22. The number of carbonyl (C=O) groups excluding carboxylic acids is 1. The van der Waals surface area contributed by atoms with Crippen molar-refractivity contribution in [3.8, 4) is 0 Å². The van der Waals surface area contributed by atoms with Crippen molar-refractivity contribution in [1.82, 2.24) is 4.98 Å². The van der Waals surface area contributed by atoms with Gasteiger partial charge in [0.15, 0.2) is 0 Å². The topological polar surface area (TPSA) is 57.3 Å². The Morgan fingerprint density at radius 3 is 2.32 bits per heavy atom. The summed E-state index contributed by atoms with van der Waals surface area (Å²) in [5, 5.41) is 5.98. The monoisotopic (exact) mass is 376 g/mol. The van der Waals surface area contributed by atoms with Crippen molar-refractivity contribution in [3.63, 3.8) is 0 Å².